The highest BCUT2D eigenvalue weighted by Gasteiger charge is 2.11. The van der Waals surface area contributed by atoms with Crippen LogP contribution in [0, 0.1) is 11.3 Å². The molecule has 0 saturated carbocycles. The lowest BCUT2D eigenvalue weighted by Gasteiger charge is -2.09. The van der Waals surface area contributed by atoms with Crippen LogP contribution in [0.2, 0.25) is 10.0 Å². The summed E-state index contributed by atoms with van der Waals surface area (Å²) in [7, 11) is 0. The molecule has 0 aliphatic rings. The Morgan fingerprint density at radius 1 is 0.929 bits per heavy atom. The van der Waals surface area contributed by atoms with Crippen LogP contribution >= 0.6 is 23.2 Å². The quantitative estimate of drug-likeness (QED) is 0.271. The van der Waals surface area contributed by atoms with E-state index in [0.29, 0.717) is 21.4 Å². The standard InChI is InChI=1S/C23H15Cl2NO2/c24-21-7-4-8-22(25)20(21)15-28-19-11-9-16(10-12-19)13-18(14-26)23(27)17-5-2-1-3-6-17/h1-13H,15H2/b18-13+. The maximum atomic E-state index is 12.4. The predicted molar refractivity (Wildman–Crippen MR) is 112 cm³/mol. The molecule has 0 bridgehead atoms. The van der Waals surface area contributed by atoms with Gasteiger partial charge in [-0.2, -0.15) is 5.26 Å². The molecule has 0 aliphatic heterocycles. The van der Waals surface area contributed by atoms with Gasteiger partial charge in [-0.25, -0.2) is 0 Å². The lowest BCUT2D eigenvalue weighted by molar-refractivity contribution is 0.104. The van der Waals surface area contributed by atoms with Crippen LogP contribution in [0.1, 0.15) is 21.5 Å². The first-order valence-electron chi connectivity index (χ1n) is 8.46. The largest absolute Gasteiger partial charge is 0.489 e. The van der Waals surface area contributed by atoms with Crippen molar-refractivity contribution in [2.45, 2.75) is 6.61 Å². The molecule has 0 fully saturated rings. The Labute approximate surface area is 173 Å². The van der Waals surface area contributed by atoms with E-state index in [9.17, 15) is 10.1 Å². The first-order chi connectivity index (χ1) is 13.6. The van der Waals surface area contributed by atoms with Gasteiger partial charge in [0.25, 0.3) is 0 Å². The molecule has 0 radical (unpaired) electrons. The lowest BCUT2D eigenvalue weighted by Crippen LogP contribution is -2.01. The molecule has 0 spiro atoms. The van der Waals surface area contributed by atoms with Gasteiger partial charge in [-0.05, 0) is 35.9 Å². The minimum atomic E-state index is -0.309. The van der Waals surface area contributed by atoms with Crippen molar-refractivity contribution in [3.05, 3.63) is 105 Å². The highest BCUT2D eigenvalue weighted by molar-refractivity contribution is 6.35. The van der Waals surface area contributed by atoms with Crippen molar-refractivity contribution in [1.82, 2.24) is 0 Å². The number of rotatable bonds is 6. The molecule has 3 rings (SSSR count). The Bertz CT molecular complexity index is 1030. The third-order valence-corrected chi connectivity index (χ3v) is 4.75. The van der Waals surface area contributed by atoms with E-state index in [0.717, 1.165) is 11.1 Å². The molecule has 138 valence electrons. The van der Waals surface area contributed by atoms with Crippen molar-refractivity contribution in [3.8, 4) is 11.8 Å². The monoisotopic (exact) mass is 407 g/mol. The summed E-state index contributed by atoms with van der Waals surface area (Å²) in [5.41, 5.74) is 1.99. The second kappa shape index (κ2) is 9.23. The smallest absolute Gasteiger partial charge is 0.203 e. The van der Waals surface area contributed by atoms with E-state index in [-0.39, 0.29) is 18.0 Å². The van der Waals surface area contributed by atoms with Crippen molar-refractivity contribution in [1.29, 1.82) is 5.26 Å². The van der Waals surface area contributed by atoms with Gasteiger partial charge in [-0.3, -0.25) is 4.79 Å². The molecule has 0 unspecified atom stereocenters. The molecule has 5 heteroatoms. The number of nitrogens with zero attached hydrogens (tertiary/aromatic N) is 1. The van der Waals surface area contributed by atoms with Gasteiger partial charge >= 0.3 is 0 Å². The average molecular weight is 408 g/mol. The zero-order valence-corrected chi connectivity index (χ0v) is 16.2. The van der Waals surface area contributed by atoms with Crippen LogP contribution in [0.3, 0.4) is 0 Å². The lowest BCUT2D eigenvalue weighted by atomic mass is 10.0. The van der Waals surface area contributed by atoms with Gasteiger partial charge in [-0.15, -0.1) is 0 Å². The van der Waals surface area contributed by atoms with Crippen LogP contribution in [-0.4, -0.2) is 5.78 Å². The van der Waals surface area contributed by atoms with E-state index >= 15 is 0 Å². The fraction of sp³-hybridized carbons (Fsp3) is 0.0435. The van der Waals surface area contributed by atoms with E-state index in [1.54, 1.807) is 72.8 Å². The van der Waals surface area contributed by atoms with Crippen molar-refractivity contribution >= 4 is 35.1 Å². The number of ketones is 1. The number of benzene rings is 3. The summed E-state index contributed by atoms with van der Waals surface area (Å²) in [5.74, 6) is 0.317. The number of nitriles is 1. The first-order valence-corrected chi connectivity index (χ1v) is 9.21. The van der Waals surface area contributed by atoms with E-state index in [1.807, 2.05) is 12.1 Å². The van der Waals surface area contributed by atoms with E-state index in [4.69, 9.17) is 27.9 Å². The van der Waals surface area contributed by atoms with Gasteiger partial charge < -0.3 is 4.74 Å². The number of allylic oxidation sites excluding steroid dienone is 1. The fourth-order valence-corrected chi connectivity index (χ4v) is 3.05. The summed E-state index contributed by atoms with van der Waals surface area (Å²) >= 11 is 12.3. The summed E-state index contributed by atoms with van der Waals surface area (Å²) in [6.07, 6.45) is 1.56. The van der Waals surface area contributed by atoms with E-state index < -0.39 is 0 Å². The summed E-state index contributed by atoms with van der Waals surface area (Å²) in [6, 6.07) is 23.1. The van der Waals surface area contributed by atoms with Crippen LogP contribution in [-0.2, 0) is 6.61 Å². The molecule has 3 aromatic rings. The topological polar surface area (TPSA) is 50.1 Å². The maximum Gasteiger partial charge on any atom is 0.203 e. The fourth-order valence-electron chi connectivity index (χ4n) is 2.55. The normalized spacial score (nSPS) is 11.0. The second-order valence-electron chi connectivity index (χ2n) is 5.92. The molecule has 0 heterocycles. The summed E-state index contributed by atoms with van der Waals surface area (Å²) < 4.78 is 5.74. The molecule has 3 nitrogen and oxygen atoms in total. The number of hydrogen-bond acceptors (Lipinski definition) is 3. The van der Waals surface area contributed by atoms with E-state index in [2.05, 4.69) is 0 Å². The van der Waals surface area contributed by atoms with Crippen LogP contribution < -0.4 is 4.74 Å². The van der Waals surface area contributed by atoms with E-state index in [1.165, 1.54) is 0 Å². The van der Waals surface area contributed by atoms with Crippen molar-refractivity contribution in [2.75, 3.05) is 0 Å². The third-order valence-electron chi connectivity index (χ3n) is 4.04. The Balaban J connectivity index is 1.72. The van der Waals surface area contributed by atoms with Gasteiger partial charge in [0, 0.05) is 21.2 Å². The second-order valence-corrected chi connectivity index (χ2v) is 6.74. The van der Waals surface area contributed by atoms with Gasteiger partial charge in [0.05, 0.1) is 0 Å². The van der Waals surface area contributed by atoms with Crippen molar-refractivity contribution < 1.29 is 9.53 Å². The zero-order valence-electron chi connectivity index (χ0n) is 14.7. The average Bonchev–Trinajstić information content (AvgIpc) is 2.73. The molecule has 0 aliphatic carbocycles. The molecular formula is C23H15Cl2NO2. The molecule has 0 amide bonds. The first kappa shape index (κ1) is 19.7. The Kier molecular flexibility index (Phi) is 6.49. The van der Waals surface area contributed by atoms with Crippen molar-refractivity contribution in [3.63, 3.8) is 0 Å². The maximum absolute atomic E-state index is 12.4. The third kappa shape index (κ3) is 4.80. The van der Waals surface area contributed by atoms with Gasteiger partial charge in [0.1, 0.15) is 24.0 Å². The minimum absolute atomic E-state index is 0.0720. The zero-order chi connectivity index (χ0) is 19.9. The molecule has 28 heavy (non-hydrogen) atoms. The highest BCUT2D eigenvalue weighted by Crippen LogP contribution is 2.26. The number of carbonyl (C=O) groups is 1. The molecule has 0 atom stereocenters. The van der Waals surface area contributed by atoms with Crippen LogP contribution in [0.5, 0.6) is 5.75 Å². The number of Topliss-reactive ketones (excluding diaryl/α,β-unsaturated/α-hetero) is 1. The van der Waals surface area contributed by atoms with Crippen LogP contribution in [0.25, 0.3) is 6.08 Å². The Morgan fingerprint density at radius 2 is 1.57 bits per heavy atom. The molecule has 0 saturated heterocycles. The van der Waals surface area contributed by atoms with Crippen LogP contribution in [0.4, 0.5) is 0 Å². The summed E-state index contributed by atoms with van der Waals surface area (Å²) in [4.78, 5) is 12.4. The van der Waals surface area contributed by atoms with Crippen molar-refractivity contribution in [2.24, 2.45) is 0 Å². The summed E-state index contributed by atoms with van der Waals surface area (Å²) in [5, 5.41) is 10.4. The van der Waals surface area contributed by atoms with Crippen LogP contribution in [0.15, 0.2) is 78.4 Å². The van der Waals surface area contributed by atoms with Gasteiger partial charge in [0.15, 0.2) is 0 Å². The molecule has 0 aromatic heterocycles. The number of ether oxygens (including phenoxy) is 1. The highest BCUT2D eigenvalue weighted by atomic mass is 35.5. The summed E-state index contributed by atoms with van der Waals surface area (Å²) in [6.45, 7) is 0.240. The Hall–Kier alpha value is -3.06. The minimum Gasteiger partial charge on any atom is -0.489 e. The van der Waals surface area contributed by atoms with Gasteiger partial charge in [-0.1, -0.05) is 71.7 Å². The molecule has 0 N–H and O–H groups in total. The number of halogens is 2. The molecule has 3 aromatic carbocycles. The number of hydrogen-bond donors (Lipinski definition) is 0. The SMILES string of the molecule is N#C/C(=C\c1ccc(OCc2c(Cl)cccc2Cl)cc1)C(=O)c1ccccc1. The Morgan fingerprint density at radius 3 is 2.18 bits per heavy atom. The van der Waals surface area contributed by atoms with Gasteiger partial charge in [0.2, 0.25) is 5.78 Å². The molecular weight excluding hydrogens is 393 g/mol. The predicted octanol–water partition coefficient (Wildman–Crippen LogP) is 6.36. The number of carbonyl (C=O) groups excluding carboxylic acids is 1.